The Morgan fingerprint density at radius 2 is 1.81 bits per heavy atom. The van der Waals surface area contributed by atoms with E-state index in [4.69, 9.17) is 21.3 Å². The average Bonchev–Trinajstić information content (AvgIpc) is 3.24. The summed E-state index contributed by atoms with van der Waals surface area (Å²) in [6.45, 7) is 1.31. The molecule has 1 N–H and O–H groups in total. The highest BCUT2D eigenvalue weighted by Crippen LogP contribution is 2.33. The molecule has 0 atom stereocenters. The third kappa shape index (κ3) is 4.99. The Bertz CT molecular complexity index is 1270. The number of nitrogens with zero attached hydrogens (tertiary/aromatic N) is 1. The van der Waals surface area contributed by atoms with Crippen LogP contribution in [0, 0.1) is 0 Å². The monoisotopic (exact) mass is 448 g/mol. The average molecular weight is 449 g/mol. The zero-order valence-corrected chi connectivity index (χ0v) is 18.0. The molecule has 0 fully saturated rings. The number of rotatable bonds is 5. The number of thiazole rings is 1. The van der Waals surface area contributed by atoms with Crippen LogP contribution < -0.4 is 10.1 Å². The molecule has 1 aromatic heterocycles. The van der Waals surface area contributed by atoms with Gasteiger partial charge in [-0.1, -0.05) is 48.0 Å². The summed E-state index contributed by atoms with van der Waals surface area (Å²) < 4.78 is 5.04. The van der Waals surface area contributed by atoms with E-state index in [9.17, 15) is 9.59 Å². The van der Waals surface area contributed by atoms with E-state index in [1.807, 2.05) is 47.8 Å². The molecule has 0 saturated carbocycles. The van der Waals surface area contributed by atoms with Crippen molar-refractivity contribution < 1.29 is 14.3 Å². The van der Waals surface area contributed by atoms with Gasteiger partial charge in [-0.05, 0) is 36.4 Å². The normalized spacial score (nSPS) is 10.5. The second kappa shape index (κ2) is 9.12. The zero-order valence-electron chi connectivity index (χ0n) is 16.5. The van der Waals surface area contributed by atoms with E-state index in [2.05, 4.69) is 5.32 Å². The highest BCUT2D eigenvalue weighted by atomic mass is 35.5. The molecule has 0 radical (unpaired) electrons. The molecule has 0 aliphatic heterocycles. The number of ether oxygens (including phenoxy) is 1. The predicted molar refractivity (Wildman–Crippen MR) is 124 cm³/mol. The summed E-state index contributed by atoms with van der Waals surface area (Å²) in [5, 5.41) is 6.32. The Balaban J connectivity index is 1.54. The summed E-state index contributed by atoms with van der Waals surface area (Å²) in [6.07, 6.45) is 0. The maximum absolute atomic E-state index is 12.6. The molecule has 0 aliphatic rings. The lowest BCUT2D eigenvalue weighted by atomic mass is 10.1. The van der Waals surface area contributed by atoms with Crippen molar-refractivity contribution in [2.75, 3.05) is 5.32 Å². The number of hydrogen-bond acceptors (Lipinski definition) is 5. The van der Waals surface area contributed by atoms with E-state index in [-0.39, 0.29) is 5.91 Å². The number of benzene rings is 3. The van der Waals surface area contributed by atoms with Crippen LogP contribution >= 0.6 is 22.9 Å². The maximum atomic E-state index is 12.6. The van der Waals surface area contributed by atoms with Crippen LogP contribution in [0.15, 0.2) is 78.2 Å². The molecule has 0 aliphatic carbocycles. The van der Waals surface area contributed by atoms with Crippen LogP contribution in [0.1, 0.15) is 17.3 Å². The summed E-state index contributed by atoms with van der Waals surface area (Å²) in [5.41, 5.74) is 3.58. The maximum Gasteiger partial charge on any atom is 0.308 e. The third-order valence-corrected chi connectivity index (χ3v) is 5.59. The summed E-state index contributed by atoms with van der Waals surface area (Å²) >= 11 is 7.80. The molecule has 3 aromatic carbocycles. The van der Waals surface area contributed by atoms with Gasteiger partial charge in [-0.15, -0.1) is 11.3 Å². The minimum absolute atomic E-state index is 0.304. The molecule has 1 heterocycles. The Labute approximate surface area is 188 Å². The first-order valence-corrected chi connectivity index (χ1v) is 10.7. The molecule has 5 nitrogen and oxygen atoms in total. The number of esters is 1. The number of aromatic nitrogens is 1. The minimum Gasteiger partial charge on any atom is -0.427 e. The smallest absolute Gasteiger partial charge is 0.308 e. The number of nitrogens with one attached hydrogen (secondary N) is 1. The van der Waals surface area contributed by atoms with Crippen molar-refractivity contribution in [3.05, 3.63) is 88.8 Å². The highest BCUT2D eigenvalue weighted by Gasteiger charge is 2.12. The van der Waals surface area contributed by atoms with Gasteiger partial charge >= 0.3 is 5.97 Å². The third-order valence-electron chi connectivity index (χ3n) is 4.38. The van der Waals surface area contributed by atoms with Gasteiger partial charge in [0.1, 0.15) is 10.8 Å². The van der Waals surface area contributed by atoms with Crippen LogP contribution in [0.5, 0.6) is 5.75 Å². The number of carbonyl (C=O) groups is 2. The fraction of sp³-hybridized carbons (Fsp3) is 0.0417. The van der Waals surface area contributed by atoms with Gasteiger partial charge in [-0.2, -0.15) is 0 Å². The SMILES string of the molecule is CC(=O)Oc1cccc(C(=O)Nc2cccc(-c3csc(-c4ccccc4Cl)n3)c2)c1. The van der Waals surface area contributed by atoms with Gasteiger partial charge in [-0.25, -0.2) is 4.98 Å². The van der Waals surface area contributed by atoms with Crippen molar-refractivity contribution in [2.45, 2.75) is 6.92 Å². The Hall–Kier alpha value is -3.48. The largest absolute Gasteiger partial charge is 0.427 e. The standard InChI is InChI=1S/C24H17ClN2O3S/c1-15(28)30-19-9-5-7-17(13-19)23(29)26-18-8-4-6-16(12-18)22-14-31-24(27-22)20-10-2-3-11-21(20)25/h2-14H,1H3,(H,26,29). The quantitative estimate of drug-likeness (QED) is 0.287. The Morgan fingerprint density at radius 1 is 1.00 bits per heavy atom. The van der Waals surface area contributed by atoms with Crippen LogP contribution in [-0.2, 0) is 4.79 Å². The number of carbonyl (C=O) groups excluding carboxylic acids is 2. The predicted octanol–water partition coefficient (Wildman–Crippen LogP) is 6.31. The van der Waals surface area contributed by atoms with Crippen molar-refractivity contribution in [3.63, 3.8) is 0 Å². The van der Waals surface area contributed by atoms with Crippen LogP contribution in [0.2, 0.25) is 5.02 Å². The minimum atomic E-state index is -0.440. The lowest BCUT2D eigenvalue weighted by molar-refractivity contribution is -0.131. The molecule has 1 amide bonds. The highest BCUT2D eigenvalue weighted by molar-refractivity contribution is 7.13. The van der Waals surface area contributed by atoms with Crippen molar-refractivity contribution in [1.29, 1.82) is 0 Å². The van der Waals surface area contributed by atoms with Gasteiger partial charge in [0.05, 0.1) is 10.7 Å². The lowest BCUT2D eigenvalue weighted by Crippen LogP contribution is -2.12. The lowest BCUT2D eigenvalue weighted by Gasteiger charge is -2.08. The van der Waals surface area contributed by atoms with Crippen LogP contribution in [0.3, 0.4) is 0 Å². The molecule has 4 rings (SSSR count). The first kappa shape index (κ1) is 20.8. The zero-order chi connectivity index (χ0) is 21.8. The van der Waals surface area contributed by atoms with Gasteiger partial charge in [0.15, 0.2) is 0 Å². The first-order chi connectivity index (χ1) is 15.0. The summed E-state index contributed by atoms with van der Waals surface area (Å²) in [4.78, 5) is 28.5. The fourth-order valence-corrected chi connectivity index (χ4v) is 4.14. The van der Waals surface area contributed by atoms with Gasteiger partial charge in [0.25, 0.3) is 5.91 Å². The second-order valence-electron chi connectivity index (χ2n) is 6.67. The van der Waals surface area contributed by atoms with E-state index in [0.29, 0.717) is 22.0 Å². The van der Waals surface area contributed by atoms with Crippen molar-refractivity contribution in [2.24, 2.45) is 0 Å². The van der Waals surface area contributed by atoms with Crippen LogP contribution in [0.25, 0.3) is 21.8 Å². The number of amides is 1. The molecule has 154 valence electrons. The molecule has 4 aromatic rings. The number of hydrogen-bond donors (Lipinski definition) is 1. The van der Waals surface area contributed by atoms with Gasteiger partial charge in [-0.3, -0.25) is 9.59 Å². The van der Waals surface area contributed by atoms with Crippen LogP contribution in [0.4, 0.5) is 5.69 Å². The van der Waals surface area contributed by atoms with Crippen molar-refractivity contribution in [1.82, 2.24) is 4.98 Å². The topological polar surface area (TPSA) is 68.3 Å². The van der Waals surface area contributed by atoms with Gasteiger partial charge < -0.3 is 10.1 Å². The van der Waals surface area contributed by atoms with E-state index in [0.717, 1.165) is 21.8 Å². The molecule has 0 bridgehead atoms. The molecular formula is C24H17ClN2O3S. The van der Waals surface area contributed by atoms with Gasteiger partial charge in [0.2, 0.25) is 0 Å². The molecular weight excluding hydrogens is 432 g/mol. The Kier molecular flexibility index (Phi) is 6.11. The molecule has 7 heteroatoms. The second-order valence-corrected chi connectivity index (χ2v) is 7.94. The van der Waals surface area contributed by atoms with E-state index in [1.165, 1.54) is 24.3 Å². The van der Waals surface area contributed by atoms with E-state index >= 15 is 0 Å². The van der Waals surface area contributed by atoms with E-state index in [1.54, 1.807) is 24.3 Å². The Morgan fingerprint density at radius 3 is 2.61 bits per heavy atom. The van der Waals surface area contributed by atoms with Gasteiger partial charge in [0, 0.05) is 34.7 Å². The fourth-order valence-electron chi connectivity index (χ4n) is 2.99. The molecule has 31 heavy (non-hydrogen) atoms. The molecule has 0 unspecified atom stereocenters. The van der Waals surface area contributed by atoms with Crippen molar-refractivity contribution >= 4 is 40.5 Å². The molecule has 0 saturated heterocycles. The summed E-state index contributed by atoms with van der Waals surface area (Å²) in [6, 6.07) is 21.5. The van der Waals surface area contributed by atoms with E-state index < -0.39 is 5.97 Å². The number of anilines is 1. The number of halogens is 1. The van der Waals surface area contributed by atoms with Crippen molar-refractivity contribution in [3.8, 4) is 27.6 Å². The summed E-state index contributed by atoms with van der Waals surface area (Å²) in [7, 11) is 0. The summed E-state index contributed by atoms with van der Waals surface area (Å²) in [5.74, 6) is -0.422. The van der Waals surface area contributed by atoms with Crippen LogP contribution in [-0.4, -0.2) is 16.9 Å². The molecule has 0 spiro atoms. The first-order valence-electron chi connectivity index (χ1n) is 9.40.